The Morgan fingerprint density at radius 2 is 1.64 bits per heavy atom. The lowest BCUT2D eigenvalue weighted by molar-refractivity contribution is -0.120. The molecule has 4 rings (SSSR count). The molecule has 1 aliphatic heterocycles. The first-order valence-electron chi connectivity index (χ1n) is 10.8. The molecule has 0 aromatic heterocycles. The van der Waals surface area contributed by atoms with Gasteiger partial charge in [-0.1, -0.05) is 53.0 Å². The van der Waals surface area contributed by atoms with Gasteiger partial charge in [0.05, 0.1) is 27.5 Å². The van der Waals surface area contributed by atoms with Crippen LogP contribution in [0.1, 0.15) is 24.2 Å². The molecule has 36 heavy (non-hydrogen) atoms. The van der Waals surface area contributed by atoms with Gasteiger partial charge in [-0.25, -0.2) is 4.90 Å². The van der Waals surface area contributed by atoms with Gasteiger partial charge in [0.2, 0.25) is 0 Å². The topological polar surface area (TPSA) is 87.7 Å². The predicted octanol–water partition coefficient (Wildman–Crippen LogP) is 6.47. The number of nitrogens with zero attached hydrogens (tertiary/aromatic N) is 1. The Morgan fingerprint density at radius 1 is 0.889 bits per heavy atom. The highest BCUT2D eigenvalue weighted by Gasteiger charge is 2.39. The van der Waals surface area contributed by atoms with Gasteiger partial charge in [0.15, 0.2) is 0 Å². The number of hydrogen-bond acceptors (Lipinski definition) is 5. The van der Waals surface area contributed by atoms with Crippen molar-refractivity contribution in [2.75, 3.05) is 15.5 Å². The molecule has 3 amide bonds. The fourth-order valence-electron chi connectivity index (χ4n) is 3.47. The van der Waals surface area contributed by atoms with Crippen LogP contribution in [-0.4, -0.2) is 23.8 Å². The Morgan fingerprint density at radius 3 is 2.36 bits per heavy atom. The molecule has 3 aromatic carbocycles. The van der Waals surface area contributed by atoms with Gasteiger partial charge in [-0.2, -0.15) is 0 Å². The van der Waals surface area contributed by atoms with E-state index in [0.717, 1.165) is 4.90 Å². The summed E-state index contributed by atoms with van der Waals surface area (Å²) < 4.78 is 5.75. The molecule has 0 saturated heterocycles. The Kier molecular flexibility index (Phi) is 7.54. The number of rotatable bonds is 7. The standard InChI is InChI=1S/C26H20Cl3N3O4/c1-14(2)36-21-9-4-3-8-20(21)31-24(33)15-6-5-7-16(12-15)30-23-22(29)25(34)32(26(23)35)17-10-11-18(27)19(28)13-17/h3-14,30H,1-2H3,(H,31,33). The summed E-state index contributed by atoms with van der Waals surface area (Å²) in [6.07, 6.45) is -0.0660. The van der Waals surface area contributed by atoms with E-state index in [1.165, 1.54) is 24.3 Å². The van der Waals surface area contributed by atoms with Gasteiger partial charge in [0.1, 0.15) is 16.5 Å². The fourth-order valence-corrected chi connectivity index (χ4v) is 3.98. The number of carbonyl (C=O) groups excluding carboxylic acids is 3. The quantitative estimate of drug-likeness (QED) is 0.333. The van der Waals surface area contributed by atoms with E-state index in [9.17, 15) is 14.4 Å². The maximum Gasteiger partial charge on any atom is 0.283 e. The average molecular weight is 545 g/mol. The number of anilines is 3. The van der Waals surface area contributed by atoms with E-state index in [1.54, 1.807) is 36.4 Å². The third-order valence-electron chi connectivity index (χ3n) is 5.08. The maximum absolute atomic E-state index is 13.0. The highest BCUT2D eigenvalue weighted by atomic mass is 35.5. The Hall–Kier alpha value is -3.52. The first-order valence-corrected chi connectivity index (χ1v) is 12.0. The summed E-state index contributed by atoms with van der Waals surface area (Å²) in [7, 11) is 0. The number of benzene rings is 3. The van der Waals surface area contributed by atoms with Gasteiger partial charge in [0.25, 0.3) is 17.7 Å². The second-order valence-corrected chi connectivity index (χ2v) is 9.25. The lowest BCUT2D eigenvalue weighted by Gasteiger charge is -2.16. The van der Waals surface area contributed by atoms with E-state index in [4.69, 9.17) is 39.5 Å². The minimum atomic E-state index is -0.710. The number of amides is 3. The van der Waals surface area contributed by atoms with Crippen LogP contribution in [0, 0.1) is 0 Å². The summed E-state index contributed by atoms with van der Waals surface area (Å²) in [4.78, 5) is 39.6. The third-order valence-corrected chi connectivity index (χ3v) is 6.17. The van der Waals surface area contributed by atoms with Crippen LogP contribution < -0.4 is 20.3 Å². The zero-order valence-corrected chi connectivity index (χ0v) is 21.4. The number of para-hydroxylation sites is 2. The van der Waals surface area contributed by atoms with Gasteiger partial charge in [-0.3, -0.25) is 14.4 Å². The van der Waals surface area contributed by atoms with Gasteiger partial charge in [0, 0.05) is 11.3 Å². The van der Waals surface area contributed by atoms with Crippen LogP contribution in [-0.2, 0) is 9.59 Å². The molecule has 3 aromatic rings. The van der Waals surface area contributed by atoms with Crippen LogP contribution in [0.3, 0.4) is 0 Å². The summed E-state index contributed by atoms with van der Waals surface area (Å²) >= 11 is 18.2. The Bertz CT molecular complexity index is 1400. The summed E-state index contributed by atoms with van der Waals surface area (Å²) in [6, 6.07) is 17.9. The summed E-state index contributed by atoms with van der Waals surface area (Å²) in [5.74, 6) is -1.22. The molecule has 0 radical (unpaired) electrons. The van der Waals surface area contributed by atoms with Gasteiger partial charge < -0.3 is 15.4 Å². The van der Waals surface area contributed by atoms with Crippen LogP contribution in [0.15, 0.2) is 77.5 Å². The highest BCUT2D eigenvalue weighted by molar-refractivity contribution is 6.53. The molecule has 0 atom stereocenters. The number of halogens is 3. The number of nitrogens with one attached hydrogen (secondary N) is 2. The minimum absolute atomic E-state index is 0.0660. The number of ether oxygens (including phenoxy) is 1. The molecule has 10 heteroatoms. The van der Waals surface area contributed by atoms with E-state index in [0.29, 0.717) is 22.7 Å². The van der Waals surface area contributed by atoms with Crippen molar-refractivity contribution in [1.29, 1.82) is 0 Å². The molecular weight excluding hydrogens is 525 g/mol. The zero-order chi connectivity index (χ0) is 26.0. The smallest absolute Gasteiger partial charge is 0.283 e. The van der Waals surface area contributed by atoms with Gasteiger partial charge in [-0.15, -0.1) is 0 Å². The molecule has 184 valence electrons. The van der Waals surface area contributed by atoms with E-state index >= 15 is 0 Å². The summed E-state index contributed by atoms with van der Waals surface area (Å²) in [6.45, 7) is 3.79. The Balaban J connectivity index is 1.54. The van der Waals surface area contributed by atoms with E-state index in [-0.39, 0.29) is 38.5 Å². The second kappa shape index (κ2) is 10.6. The van der Waals surface area contributed by atoms with Crippen LogP contribution in [0.2, 0.25) is 10.0 Å². The van der Waals surface area contributed by atoms with E-state index < -0.39 is 11.8 Å². The highest BCUT2D eigenvalue weighted by Crippen LogP contribution is 2.34. The van der Waals surface area contributed by atoms with Crippen molar-refractivity contribution in [3.63, 3.8) is 0 Å². The molecule has 0 fully saturated rings. The number of imide groups is 1. The van der Waals surface area contributed by atoms with Crippen molar-refractivity contribution in [2.24, 2.45) is 0 Å². The van der Waals surface area contributed by atoms with Crippen molar-refractivity contribution in [3.05, 3.63) is 93.1 Å². The molecule has 0 saturated carbocycles. The second-order valence-electron chi connectivity index (χ2n) is 8.06. The molecule has 0 unspecified atom stereocenters. The lowest BCUT2D eigenvalue weighted by Crippen LogP contribution is -2.32. The predicted molar refractivity (Wildman–Crippen MR) is 142 cm³/mol. The molecule has 7 nitrogen and oxygen atoms in total. The van der Waals surface area contributed by atoms with Gasteiger partial charge >= 0.3 is 0 Å². The normalized spacial score (nSPS) is 13.4. The van der Waals surface area contributed by atoms with Gasteiger partial charge in [-0.05, 0) is 62.4 Å². The first-order chi connectivity index (χ1) is 17.2. The van der Waals surface area contributed by atoms with Crippen molar-refractivity contribution in [3.8, 4) is 5.75 Å². The largest absolute Gasteiger partial charge is 0.489 e. The monoisotopic (exact) mass is 543 g/mol. The average Bonchev–Trinajstić information content (AvgIpc) is 3.05. The molecule has 0 spiro atoms. The minimum Gasteiger partial charge on any atom is -0.489 e. The molecule has 2 N–H and O–H groups in total. The maximum atomic E-state index is 13.0. The third kappa shape index (κ3) is 5.33. The van der Waals surface area contributed by atoms with Crippen molar-refractivity contribution < 1.29 is 19.1 Å². The SMILES string of the molecule is CC(C)Oc1ccccc1NC(=O)c1cccc(NC2=C(Cl)C(=O)N(c3ccc(Cl)c(Cl)c3)C2=O)c1. The molecular formula is C26H20Cl3N3O4. The molecule has 1 aliphatic rings. The molecule has 0 bridgehead atoms. The first kappa shape index (κ1) is 25.6. The number of hydrogen-bond donors (Lipinski definition) is 2. The zero-order valence-electron chi connectivity index (χ0n) is 19.1. The summed E-state index contributed by atoms with van der Waals surface area (Å²) in [5, 5.41) is 5.88. The van der Waals surface area contributed by atoms with Crippen molar-refractivity contribution in [1.82, 2.24) is 0 Å². The lowest BCUT2D eigenvalue weighted by atomic mass is 10.1. The van der Waals surface area contributed by atoms with Crippen LogP contribution in [0.4, 0.5) is 17.1 Å². The van der Waals surface area contributed by atoms with Crippen LogP contribution in [0.25, 0.3) is 0 Å². The van der Waals surface area contributed by atoms with Crippen molar-refractivity contribution in [2.45, 2.75) is 20.0 Å². The van der Waals surface area contributed by atoms with Crippen LogP contribution >= 0.6 is 34.8 Å². The van der Waals surface area contributed by atoms with E-state index in [1.807, 2.05) is 19.9 Å². The number of carbonyl (C=O) groups is 3. The van der Waals surface area contributed by atoms with E-state index in [2.05, 4.69) is 10.6 Å². The van der Waals surface area contributed by atoms with Crippen molar-refractivity contribution >= 4 is 69.6 Å². The Labute approximate surface area is 222 Å². The fraction of sp³-hybridized carbons (Fsp3) is 0.115. The molecule has 1 heterocycles. The summed E-state index contributed by atoms with van der Waals surface area (Å²) in [5.41, 5.74) is 1.33. The molecule has 0 aliphatic carbocycles. The van der Waals surface area contributed by atoms with Crippen LogP contribution in [0.5, 0.6) is 5.75 Å².